The number of aldehydes is 1. The summed E-state index contributed by atoms with van der Waals surface area (Å²) >= 11 is 0. The summed E-state index contributed by atoms with van der Waals surface area (Å²) in [7, 11) is 0. The summed E-state index contributed by atoms with van der Waals surface area (Å²) in [5.41, 5.74) is -0.113. The Hall–Kier alpha value is -0.410. The smallest absolute Gasteiger partial charge is 0.127 e. The van der Waals surface area contributed by atoms with Crippen molar-refractivity contribution in [3.05, 3.63) is 0 Å². The molecule has 0 radical (unpaired) electrons. The minimum atomic E-state index is -0.212. The van der Waals surface area contributed by atoms with Crippen molar-refractivity contribution >= 4 is 6.29 Å². The van der Waals surface area contributed by atoms with E-state index in [9.17, 15) is 9.90 Å². The zero-order chi connectivity index (χ0) is 12.3. The normalized spacial score (nSPS) is 34.5. The maximum atomic E-state index is 11.4. The van der Waals surface area contributed by atoms with Crippen LogP contribution in [0.4, 0.5) is 0 Å². The van der Waals surface area contributed by atoms with Gasteiger partial charge in [-0.15, -0.1) is 0 Å². The number of hydrogen-bond donors (Lipinski definition) is 1. The number of nitrogens with zero attached hydrogens (tertiary/aromatic N) is 1. The molecule has 3 nitrogen and oxygen atoms in total. The Labute approximate surface area is 104 Å². The Balaban J connectivity index is 1.92. The van der Waals surface area contributed by atoms with Crippen LogP contribution in [0, 0.1) is 11.3 Å². The highest BCUT2D eigenvalue weighted by atomic mass is 16.3. The van der Waals surface area contributed by atoms with Gasteiger partial charge in [0.15, 0.2) is 0 Å². The van der Waals surface area contributed by atoms with Gasteiger partial charge < -0.3 is 9.90 Å². The lowest BCUT2D eigenvalue weighted by atomic mass is 9.74. The van der Waals surface area contributed by atoms with Crippen LogP contribution in [-0.2, 0) is 4.79 Å². The van der Waals surface area contributed by atoms with Crippen molar-refractivity contribution in [3.8, 4) is 0 Å². The van der Waals surface area contributed by atoms with Crippen LogP contribution in [0.3, 0.4) is 0 Å². The van der Waals surface area contributed by atoms with Gasteiger partial charge in [-0.25, -0.2) is 0 Å². The van der Waals surface area contributed by atoms with E-state index in [-0.39, 0.29) is 11.5 Å². The van der Waals surface area contributed by atoms with Gasteiger partial charge in [0.1, 0.15) is 6.29 Å². The number of hydrogen-bond acceptors (Lipinski definition) is 3. The van der Waals surface area contributed by atoms with Crippen LogP contribution in [0.25, 0.3) is 0 Å². The molecule has 2 aliphatic rings. The number of aliphatic hydroxyl groups excluding tert-OH is 1. The largest absolute Gasteiger partial charge is 0.392 e. The highest BCUT2D eigenvalue weighted by Crippen LogP contribution is 2.36. The molecule has 2 unspecified atom stereocenters. The summed E-state index contributed by atoms with van der Waals surface area (Å²) in [5.74, 6) is 0.407. The lowest BCUT2D eigenvalue weighted by molar-refractivity contribution is -0.120. The molecule has 1 N–H and O–H groups in total. The third-order valence-electron chi connectivity index (χ3n) is 4.64. The van der Waals surface area contributed by atoms with Gasteiger partial charge in [-0.3, -0.25) is 4.90 Å². The van der Waals surface area contributed by atoms with E-state index in [4.69, 9.17) is 0 Å². The SMILES string of the molecule is CC1CCN(CC2(C=O)CCCCC2)CC1O. The van der Waals surface area contributed by atoms with E-state index in [1.807, 2.05) is 0 Å². The van der Waals surface area contributed by atoms with E-state index in [0.29, 0.717) is 5.92 Å². The van der Waals surface area contributed by atoms with Gasteiger partial charge in [0.25, 0.3) is 0 Å². The summed E-state index contributed by atoms with van der Waals surface area (Å²) in [6.07, 6.45) is 7.76. The van der Waals surface area contributed by atoms with E-state index in [1.54, 1.807) is 0 Å². The van der Waals surface area contributed by atoms with Crippen LogP contribution in [0.2, 0.25) is 0 Å². The molecule has 2 rings (SSSR count). The standard InChI is InChI=1S/C14H25NO2/c1-12-5-8-15(9-13(12)17)10-14(11-16)6-3-2-4-7-14/h11-13,17H,2-10H2,1H3. The fourth-order valence-corrected chi connectivity index (χ4v) is 3.27. The molecule has 0 aromatic heterocycles. The zero-order valence-electron chi connectivity index (χ0n) is 10.9. The van der Waals surface area contributed by atoms with Crippen molar-refractivity contribution < 1.29 is 9.90 Å². The fourth-order valence-electron chi connectivity index (χ4n) is 3.27. The second-order valence-corrected chi connectivity index (χ2v) is 6.11. The molecule has 3 heteroatoms. The first kappa shape index (κ1) is 13.0. The van der Waals surface area contributed by atoms with E-state index in [1.165, 1.54) is 25.5 Å². The molecule has 98 valence electrons. The van der Waals surface area contributed by atoms with Crippen molar-refractivity contribution in [1.29, 1.82) is 0 Å². The van der Waals surface area contributed by atoms with Crippen molar-refractivity contribution in [2.75, 3.05) is 19.6 Å². The van der Waals surface area contributed by atoms with Crippen LogP contribution in [-0.4, -0.2) is 42.0 Å². The number of piperidine rings is 1. The average Bonchev–Trinajstić information content (AvgIpc) is 2.35. The Morgan fingerprint density at radius 2 is 2.06 bits per heavy atom. The highest BCUT2D eigenvalue weighted by molar-refractivity contribution is 5.60. The first-order chi connectivity index (χ1) is 8.15. The predicted octanol–water partition coefficient (Wildman–Crippen LogP) is 1.84. The van der Waals surface area contributed by atoms with E-state index in [0.717, 1.165) is 38.9 Å². The third kappa shape index (κ3) is 3.08. The topological polar surface area (TPSA) is 40.5 Å². The number of likely N-dealkylation sites (tertiary alicyclic amines) is 1. The Morgan fingerprint density at radius 1 is 1.35 bits per heavy atom. The van der Waals surface area contributed by atoms with Gasteiger partial charge in [-0.1, -0.05) is 26.2 Å². The summed E-state index contributed by atoms with van der Waals surface area (Å²) < 4.78 is 0. The molecule has 1 saturated heterocycles. The summed E-state index contributed by atoms with van der Waals surface area (Å²) in [6.45, 7) is 4.75. The molecule has 1 aliphatic heterocycles. The molecular formula is C14H25NO2. The summed E-state index contributed by atoms with van der Waals surface area (Å²) in [6, 6.07) is 0. The molecule has 1 heterocycles. The summed E-state index contributed by atoms with van der Waals surface area (Å²) in [5, 5.41) is 9.90. The minimum Gasteiger partial charge on any atom is -0.392 e. The van der Waals surface area contributed by atoms with Gasteiger partial charge in [-0.05, 0) is 31.7 Å². The number of carbonyl (C=O) groups is 1. The average molecular weight is 239 g/mol. The monoisotopic (exact) mass is 239 g/mol. The maximum absolute atomic E-state index is 11.4. The van der Waals surface area contributed by atoms with Crippen LogP contribution in [0.15, 0.2) is 0 Å². The maximum Gasteiger partial charge on any atom is 0.127 e. The Kier molecular flexibility index (Phi) is 4.21. The molecule has 0 aromatic carbocycles. The van der Waals surface area contributed by atoms with Crippen LogP contribution >= 0.6 is 0 Å². The van der Waals surface area contributed by atoms with E-state index in [2.05, 4.69) is 11.8 Å². The number of carbonyl (C=O) groups excluding carboxylic acids is 1. The zero-order valence-corrected chi connectivity index (χ0v) is 10.9. The van der Waals surface area contributed by atoms with Gasteiger partial charge in [0.2, 0.25) is 0 Å². The minimum absolute atomic E-state index is 0.113. The molecule has 17 heavy (non-hydrogen) atoms. The van der Waals surface area contributed by atoms with Crippen molar-refractivity contribution in [1.82, 2.24) is 4.90 Å². The van der Waals surface area contributed by atoms with E-state index >= 15 is 0 Å². The molecule has 2 atom stereocenters. The summed E-state index contributed by atoms with van der Waals surface area (Å²) in [4.78, 5) is 13.7. The van der Waals surface area contributed by atoms with Gasteiger partial charge in [0.05, 0.1) is 6.10 Å². The number of rotatable bonds is 3. The molecule has 2 fully saturated rings. The molecular weight excluding hydrogens is 214 g/mol. The van der Waals surface area contributed by atoms with Gasteiger partial charge in [-0.2, -0.15) is 0 Å². The Morgan fingerprint density at radius 3 is 2.65 bits per heavy atom. The second kappa shape index (κ2) is 5.49. The number of β-amino-alcohol motifs (C(OH)–C–C–N with tert-alkyl or cyclic N) is 1. The van der Waals surface area contributed by atoms with Crippen LogP contribution in [0.5, 0.6) is 0 Å². The predicted molar refractivity (Wildman–Crippen MR) is 67.8 cm³/mol. The van der Waals surface area contributed by atoms with Crippen molar-refractivity contribution in [2.24, 2.45) is 11.3 Å². The molecule has 0 amide bonds. The fraction of sp³-hybridized carbons (Fsp3) is 0.929. The lowest BCUT2D eigenvalue weighted by Crippen LogP contribution is -2.48. The Bertz CT molecular complexity index is 261. The molecule has 1 saturated carbocycles. The molecule has 0 bridgehead atoms. The van der Waals surface area contributed by atoms with Crippen LogP contribution in [0.1, 0.15) is 45.4 Å². The highest BCUT2D eigenvalue weighted by Gasteiger charge is 2.35. The van der Waals surface area contributed by atoms with Crippen molar-refractivity contribution in [3.63, 3.8) is 0 Å². The number of aliphatic hydroxyl groups is 1. The third-order valence-corrected chi connectivity index (χ3v) is 4.64. The first-order valence-electron chi connectivity index (χ1n) is 7.02. The van der Waals surface area contributed by atoms with Gasteiger partial charge in [0, 0.05) is 18.5 Å². The molecule has 1 aliphatic carbocycles. The van der Waals surface area contributed by atoms with Crippen molar-refractivity contribution in [2.45, 2.75) is 51.6 Å². The van der Waals surface area contributed by atoms with E-state index < -0.39 is 0 Å². The first-order valence-corrected chi connectivity index (χ1v) is 7.02. The second-order valence-electron chi connectivity index (χ2n) is 6.11. The quantitative estimate of drug-likeness (QED) is 0.764. The van der Waals surface area contributed by atoms with Gasteiger partial charge >= 0.3 is 0 Å². The molecule has 0 spiro atoms. The molecule has 0 aromatic rings. The lowest BCUT2D eigenvalue weighted by Gasteiger charge is -2.41. The van der Waals surface area contributed by atoms with Crippen LogP contribution < -0.4 is 0 Å².